The molecule has 0 bridgehead atoms. The van der Waals surface area contributed by atoms with Crippen LogP contribution in [0.4, 0.5) is 5.69 Å². The summed E-state index contributed by atoms with van der Waals surface area (Å²) >= 11 is 7.32. The molecule has 6 nitrogen and oxygen atoms in total. The van der Waals surface area contributed by atoms with E-state index in [-0.39, 0.29) is 18.9 Å². The van der Waals surface area contributed by atoms with Crippen LogP contribution < -0.4 is 10.1 Å². The average molecular weight is 403 g/mol. The zero-order valence-corrected chi connectivity index (χ0v) is 15.6. The summed E-state index contributed by atoms with van der Waals surface area (Å²) in [6.07, 6.45) is 1.69. The number of rotatable bonds is 6. The van der Waals surface area contributed by atoms with Gasteiger partial charge in [0.05, 0.1) is 28.6 Å². The van der Waals surface area contributed by atoms with Gasteiger partial charge in [0.25, 0.3) is 5.91 Å². The smallest absolute Gasteiger partial charge is 0.306 e. The maximum atomic E-state index is 12.1. The molecule has 2 N–H and O–H groups in total. The number of benzene rings is 2. The summed E-state index contributed by atoms with van der Waals surface area (Å²) in [6.45, 7) is 0.107. The summed E-state index contributed by atoms with van der Waals surface area (Å²) in [7, 11) is 0. The molecule has 1 amide bonds. The molecule has 1 aliphatic rings. The van der Waals surface area contributed by atoms with Crippen molar-refractivity contribution in [3.8, 4) is 5.75 Å². The summed E-state index contributed by atoms with van der Waals surface area (Å²) in [5.74, 6) is -0.564. The van der Waals surface area contributed by atoms with E-state index in [1.54, 1.807) is 42.5 Å². The number of nitrogens with zero attached hydrogens (tertiary/aromatic N) is 1. The molecule has 0 saturated carbocycles. The summed E-state index contributed by atoms with van der Waals surface area (Å²) in [4.78, 5) is 27.5. The van der Waals surface area contributed by atoms with Gasteiger partial charge >= 0.3 is 5.97 Å². The Balaban J connectivity index is 1.67. The average Bonchev–Trinajstić information content (AvgIpc) is 2.97. The first kappa shape index (κ1) is 19.0. The monoisotopic (exact) mass is 402 g/mol. The molecule has 1 saturated heterocycles. The first-order valence-electron chi connectivity index (χ1n) is 8.00. The Morgan fingerprint density at radius 3 is 2.67 bits per heavy atom. The minimum atomic E-state index is -0.908. The van der Waals surface area contributed by atoms with E-state index in [0.29, 0.717) is 26.5 Å². The lowest BCUT2D eigenvalue weighted by Crippen LogP contribution is -2.19. The minimum absolute atomic E-state index is 0.0594. The molecule has 1 fully saturated rings. The largest absolute Gasteiger partial charge is 0.493 e. The molecule has 0 aliphatic carbocycles. The standard InChI is InChI=1S/C19H15ClN2O4S/c20-14-3-1-2-4-15(14)21-19-22-18(25)16(27-19)11-12-5-7-13(8-6-12)26-10-9-17(23)24/h1-8,11H,9-10H2,(H,23,24)(H,21,22,25)/b16-11+. The van der Waals surface area contributed by atoms with Crippen LogP contribution in [-0.4, -0.2) is 28.8 Å². The topological polar surface area (TPSA) is 88.0 Å². The number of amidine groups is 1. The first-order valence-corrected chi connectivity index (χ1v) is 9.19. The van der Waals surface area contributed by atoms with Gasteiger partial charge in [-0.3, -0.25) is 9.59 Å². The number of nitrogens with one attached hydrogen (secondary N) is 1. The second-order valence-electron chi connectivity index (χ2n) is 5.49. The highest BCUT2D eigenvalue weighted by Gasteiger charge is 2.24. The van der Waals surface area contributed by atoms with E-state index >= 15 is 0 Å². The molecule has 27 heavy (non-hydrogen) atoms. The van der Waals surface area contributed by atoms with Crippen molar-refractivity contribution in [1.29, 1.82) is 0 Å². The van der Waals surface area contributed by atoms with Gasteiger partial charge in [0.1, 0.15) is 5.75 Å². The fraction of sp³-hybridized carbons (Fsp3) is 0.105. The number of halogens is 1. The number of aliphatic carboxylic acids is 1. The number of carbonyl (C=O) groups is 2. The van der Waals surface area contributed by atoms with Gasteiger partial charge in [0.2, 0.25) is 0 Å². The molecule has 8 heteroatoms. The van der Waals surface area contributed by atoms with E-state index in [9.17, 15) is 9.59 Å². The van der Waals surface area contributed by atoms with Gasteiger partial charge in [0.15, 0.2) is 5.17 Å². The third kappa shape index (κ3) is 5.35. The molecule has 1 aliphatic heterocycles. The van der Waals surface area contributed by atoms with Crippen LogP contribution >= 0.6 is 23.4 Å². The summed E-state index contributed by atoms with van der Waals surface area (Å²) in [5.41, 5.74) is 1.41. The van der Waals surface area contributed by atoms with Crippen LogP contribution in [0.5, 0.6) is 5.75 Å². The highest BCUT2D eigenvalue weighted by Crippen LogP contribution is 2.30. The maximum Gasteiger partial charge on any atom is 0.306 e. The van der Waals surface area contributed by atoms with E-state index in [0.717, 1.165) is 5.56 Å². The van der Waals surface area contributed by atoms with E-state index in [4.69, 9.17) is 21.4 Å². The second kappa shape index (κ2) is 8.75. The van der Waals surface area contributed by atoms with Crippen LogP contribution in [0.1, 0.15) is 12.0 Å². The third-order valence-electron chi connectivity index (χ3n) is 3.49. The molecule has 0 spiro atoms. The van der Waals surface area contributed by atoms with Gasteiger partial charge in [0, 0.05) is 0 Å². The number of hydrogen-bond acceptors (Lipinski definition) is 5. The predicted molar refractivity (Wildman–Crippen MR) is 106 cm³/mol. The van der Waals surface area contributed by atoms with Crippen molar-refractivity contribution in [1.82, 2.24) is 5.32 Å². The molecule has 138 valence electrons. The van der Waals surface area contributed by atoms with Crippen LogP contribution in [0.25, 0.3) is 6.08 Å². The van der Waals surface area contributed by atoms with E-state index < -0.39 is 5.97 Å². The highest BCUT2D eigenvalue weighted by atomic mass is 35.5. The third-order valence-corrected chi connectivity index (χ3v) is 4.72. The number of aliphatic imine (C=N–C) groups is 1. The fourth-order valence-electron chi connectivity index (χ4n) is 2.20. The van der Waals surface area contributed by atoms with E-state index in [2.05, 4.69) is 10.3 Å². The van der Waals surface area contributed by atoms with Crippen molar-refractivity contribution in [3.05, 3.63) is 64.0 Å². The van der Waals surface area contributed by atoms with Crippen LogP contribution in [0.3, 0.4) is 0 Å². The molecular formula is C19H15ClN2O4S. The van der Waals surface area contributed by atoms with Crippen LogP contribution in [0.15, 0.2) is 58.4 Å². The number of hydrogen-bond donors (Lipinski definition) is 2. The second-order valence-corrected chi connectivity index (χ2v) is 6.93. The Hall–Kier alpha value is -2.77. The predicted octanol–water partition coefficient (Wildman–Crippen LogP) is 4.09. The van der Waals surface area contributed by atoms with Crippen molar-refractivity contribution in [2.24, 2.45) is 4.99 Å². The van der Waals surface area contributed by atoms with Crippen molar-refractivity contribution < 1.29 is 19.4 Å². The van der Waals surface area contributed by atoms with Crippen LogP contribution in [0, 0.1) is 0 Å². The number of carboxylic acid groups (broad SMARTS) is 1. The van der Waals surface area contributed by atoms with Crippen molar-refractivity contribution in [2.45, 2.75) is 6.42 Å². The SMILES string of the molecule is O=C(O)CCOc1ccc(/C=C2/SC(=Nc3ccccc3Cl)NC2=O)cc1. The molecule has 3 rings (SSSR count). The lowest BCUT2D eigenvalue weighted by atomic mass is 10.2. The number of amides is 1. The van der Waals surface area contributed by atoms with Gasteiger partial charge in [-0.2, -0.15) is 0 Å². The lowest BCUT2D eigenvalue weighted by molar-refractivity contribution is -0.137. The zero-order chi connectivity index (χ0) is 19.2. The molecule has 0 unspecified atom stereocenters. The summed E-state index contributed by atoms with van der Waals surface area (Å²) in [6, 6.07) is 14.2. The quantitative estimate of drug-likeness (QED) is 0.710. The molecule has 0 radical (unpaired) electrons. The van der Waals surface area contributed by atoms with Crippen LogP contribution in [0.2, 0.25) is 5.02 Å². The van der Waals surface area contributed by atoms with Crippen molar-refractivity contribution in [2.75, 3.05) is 6.61 Å². The molecule has 2 aromatic carbocycles. The van der Waals surface area contributed by atoms with Gasteiger partial charge in [-0.05, 0) is 47.7 Å². The van der Waals surface area contributed by atoms with Crippen LogP contribution in [-0.2, 0) is 9.59 Å². The normalized spacial score (nSPS) is 16.6. The van der Waals surface area contributed by atoms with Gasteiger partial charge in [-0.25, -0.2) is 4.99 Å². The zero-order valence-electron chi connectivity index (χ0n) is 14.0. The number of para-hydroxylation sites is 1. The Morgan fingerprint density at radius 1 is 1.22 bits per heavy atom. The van der Waals surface area contributed by atoms with Crippen molar-refractivity contribution in [3.63, 3.8) is 0 Å². The lowest BCUT2D eigenvalue weighted by Gasteiger charge is -2.04. The van der Waals surface area contributed by atoms with Gasteiger partial charge < -0.3 is 15.2 Å². The first-order chi connectivity index (χ1) is 13.0. The van der Waals surface area contributed by atoms with Gasteiger partial charge in [-0.1, -0.05) is 35.9 Å². The minimum Gasteiger partial charge on any atom is -0.493 e. The van der Waals surface area contributed by atoms with E-state index in [1.165, 1.54) is 11.8 Å². The van der Waals surface area contributed by atoms with E-state index in [1.807, 2.05) is 12.1 Å². The molecular weight excluding hydrogens is 388 g/mol. The Morgan fingerprint density at radius 2 is 1.96 bits per heavy atom. The Bertz CT molecular complexity index is 926. The number of carbonyl (C=O) groups excluding carboxylic acids is 1. The summed E-state index contributed by atoms with van der Waals surface area (Å²) in [5, 5.41) is 12.3. The number of thioether (sulfide) groups is 1. The molecule has 0 atom stereocenters. The number of carboxylic acids is 1. The fourth-order valence-corrected chi connectivity index (χ4v) is 3.21. The molecule has 2 aromatic rings. The van der Waals surface area contributed by atoms with Gasteiger partial charge in [-0.15, -0.1) is 0 Å². The molecule has 1 heterocycles. The maximum absolute atomic E-state index is 12.1. The Labute approximate surface area is 164 Å². The van der Waals surface area contributed by atoms with Crippen molar-refractivity contribution >= 4 is 52.2 Å². The summed E-state index contributed by atoms with van der Waals surface area (Å²) < 4.78 is 5.34. The Kier molecular flexibility index (Phi) is 6.16. The highest BCUT2D eigenvalue weighted by molar-refractivity contribution is 8.18. The number of ether oxygens (including phenoxy) is 1. The molecule has 0 aromatic heterocycles.